The van der Waals surface area contributed by atoms with Crippen LogP contribution in [0.5, 0.6) is 0 Å². The summed E-state index contributed by atoms with van der Waals surface area (Å²) in [5.41, 5.74) is 0. The predicted molar refractivity (Wildman–Crippen MR) is 81.1 cm³/mol. The molecular formula is C15H22N2O2S. The number of amides is 1. The lowest BCUT2D eigenvalue weighted by Crippen LogP contribution is -2.33. The van der Waals surface area contributed by atoms with Gasteiger partial charge in [0.15, 0.2) is 5.78 Å². The number of hydrogen-bond acceptors (Lipinski definition) is 4. The van der Waals surface area contributed by atoms with Crippen molar-refractivity contribution in [1.29, 1.82) is 0 Å². The summed E-state index contributed by atoms with van der Waals surface area (Å²) < 4.78 is 0. The van der Waals surface area contributed by atoms with Gasteiger partial charge in [0.2, 0.25) is 5.91 Å². The molecule has 0 spiro atoms. The van der Waals surface area contributed by atoms with Gasteiger partial charge in [-0.25, -0.2) is 0 Å². The summed E-state index contributed by atoms with van der Waals surface area (Å²) >= 11 is 1.43. The van der Waals surface area contributed by atoms with Crippen molar-refractivity contribution in [3.8, 4) is 0 Å². The summed E-state index contributed by atoms with van der Waals surface area (Å²) in [6.45, 7) is 2.90. The van der Waals surface area contributed by atoms with E-state index in [0.29, 0.717) is 18.8 Å². The normalized spacial score (nSPS) is 18.7. The highest BCUT2D eigenvalue weighted by Crippen LogP contribution is 2.13. The van der Waals surface area contributed by atoms with Gasteiger partial charge in [-0.15, -0.1) is 11.3 Å². The Morgan fingerprint density at radius 1 is 1.40 bits per heavy atom. The molecule has 2 rings (SSSR count). The number of nitrogens with one attached hydrogen (secondary N) is 2. The maximum atomic E-state index is 11.8. The second kappa shape index (κ2) is 8.17. The van der Waals surface area contributed by atoms with E-state index in [4.69, 9.17) is 0 Å². The topological polar surface area (TPSA) is 58.2 Å². The first-order chi connectivity index (χ1) is 9.75. The highest BCUT2D eigenvalue weighted by molar-refractivity contribution is 7.12. The minimum Gasteiger partial charge on any atom is -0.356 e. The predicted octanol–water partition coefficient (Wildman–Crippen LogP) is 2.22. The number of Topliss-reactive ketones (excluding diaryl/α,β-unsaturated/α-hetero) is 1. The van der Waals surface area contributed by atoms with Gasteiger partial charge in [0, 0.05) is 19.4 Å². The van der Waals surface area contributed by atoms with E-state index in [-0.39, 0.29) is 11.7 Å². The zero-order valence-electron chi connectivity index (χ0n) is 11.7. The van der Waals surface area contributed by atoms with E-state index in [1.54, 1.807) is 6.07 Å². The van der Waals surface area contributed by atoms with Gasteiger partial charge in [-0.05, 0) is 49.7 Å². The molecule has 1 aliphatic heterocycles. The van der Waals surface area contributed by atoms with Crippen molar-refractivity contribution < 1.29 is 9.59 Å². The Bertz CT molecular complexity index is 425. The summed E-state index contributed by atoms with van der Waals surface area (Å²) in [6.07, 6.45) is 4.10. The van der Waals surface area contributed by atoms with Gasteiger partial charge < -0.3 is 10.6 Å². The third-order valence-electron chi connectivity index (χ3n) is 3.65. The molecule has 1 fully saturated rings. The van der Waals surface area contributed by atoms with Crippen LogP contribution in [0.3, 0.4) is 0 Å². The van der Waals surface area contributed by atoms with Crippen molar-refractivity contribution in [1.82, 2.24) is 10.6 Å². The van der Waals surface area contributed by atoms with Gasteiger partial charge in [-0.3, -0.25) is 9.59 Å². The number of thiophene rings is 1. The van der Waals surface area contributed by atoms with Crippen LogP contribution >= 0.6 is 11.3 Å². The first-order valence-electron chi connectivity index (χ1n) is 7.30. The molecule has 1 unspecified atom stereocenters. The van der Waals surface area contributed by atoms with Crippen LogP contribution in [-0.4, -0.2) is 31.3 Å². The maximum Gasteiger partial charge on any atom is 0.220 e. The Balaban J connectivity index is 1.57. The van der Waals surface area contributed by atoms with E-state index in [1.165, 1.54) is 24.2 Å². The number of piperidine rings is 1. The summed E-state index contributed by atoms with van der Waals surface area (Å²) in [4.78, 5) is 24.2. The van der Waals surface area contributed by atoms with Crippen molar-refractivity contribution >= 4 is 23.0 Å². The molecule has 1 aromatic rings. The lowest BCUT2D eigenvalue weighted by molar-refractivity contribution is -0.121. The van der Waals surface area contributed by atoms with E-state index < -0.39 is 0 Å². The third kappa shape index (κ3) is 5.06. The van der Waals surface area contributed by atoms with Gasteiger partial charge in [-0.1, -0.05) is 6.07 Å². The fourth-order valence-electron chi connectivity index (χ4n) is 2.46. The first-order valence-corrected chi connectivity index (χ1v) is 8.18. The number of carbonyl (C=O) groups excluding carboxylic acids is 2. The van der Waals surface area contributed by atoms with E-state index in [9.17, 15) is 9.59 Å². The Morgan fingerprint density at radius 3 is 3.00 bits per heavy atom. The summed E-state index contributed by atoms with van der Waals surface area (Å²) in [5.74, 6) is 0.724. The lowest BCUT2D eigenvalue weighted by atomic mass is 9.96. The average Bonchev–Trinajstić information content (AvgIpc) is 3.00. The third-order valence-corrected chi connectivity index (χ3v) is 4.56. The van der Waals surface area contributed by atoms with Crippen molar-refractivity contribution in [3.05, 3.63) is 22.4 Å². The van der Waals surface area contributed by atoms with E-state index in [0.717, 1.165) is 30.9 Å². The van der Waals surface area contributed by atoms with Gasteiger partial charge >= 0.3 is 0 Å². The Hall–Kier alpha value is -1.20. The molecule has 2 heterocycles. The van der Waals surface area contributed by atoms with Crippen LogP contribution in [0.2, 0.25) is 0 Å². The van der Waals surface area contributed by atoms with Gasteiger partial charge in [-0.2, -0.15) is 0 Å². The standard InChI is InChI=1S/C15H22N2O2S/c18-13(14-4-2-10-20-14)5-6-15(19)17-9-7-12-3-1-8-16-11-12/h2,4,10,12,16H,1,3,5-9,11H2,(H,17,19). The van der Waals surface area contributed by atoms with Gasteiger partial charge in [0.25, 0.3) is 0 Å². The zero-order chi connectivity index (χ0) is 14.2. The molecule has 0 saturated carbocycles. The van der Waals surface area contributed by atoms with Crippen LogP contribution in [0.25, 0.3) is 0 Å². The fraction of sp³-hybridized carbons (Fsp3) is 0.600. The zero-order valence-corrected chi connectivity index (χ0v) is 12.5. The Labute approximate surface area is 124 Å². The fourth-order valence-corrected chi connectivity index (χ4v) is 3.16. The van der Waals surface area contributed by atoms with Crippen molar-refractivity contribution in [2.24, 2.45) is 5.92 Å². The molecule has 2 N–H and O–H groups in total. The van der Waals surface area contributed by atoms with E-state index >= 15 is 0 Å². The first kappa shape index (κ1) is 15.2. The number of carbonyl (C=O) groups is 2. The largest absolute Gasteiger partial charge is 0.356 e. The molecule has 0 radical (unpaired) electrons. The molecule has 5 heteroatoms. The van der Waals surface area contributed by atoms with E-state index in [2.05, 4.69) is 10.6 Å². The Kier molecular flexibility index (Phi) is 6.21. The number of ketones is 1. The average molecular weight is 294 g/mol. The van der Waals surface area contributed by atoms with Crippen molar-refractivity contribution in [2.75, 3.05) is 19.6 Å². The molecule has 1 aromatic heterocycles. The molecule has 0 aromatic carbocycles. The molecule has 1 atom stereocenters. The minimum absolute atomic E-state index is 0.0151. The second-order valence-electron chi connectivity index (χ2n) is 5.25. The smallest absolute Gasteiger partial charge is 0.220 e. The van der Waals surface area contributed by atoms with Crippen LogP contribution in [0, 0.1) is 5.92 Å². The summed E-state index contributed by atoms with van der Waals surface area (Å²) in [7, 11) is 0. The molecule has 20 heavy (non-hydrogen) atoms. The molecule has 0 bridgehead atoms. The highest BCUT2D eigenvalue weighted by Gasteiger charge is 2.13. The lowest BCUT2D eigenvalue weighted by Gasteiger charge is -2.22. The van der Waals surface area contributed by atoms with Crippen LogP contribution in [0.15, 0.2) is 17.5 Å². The molecule has 4 nitrogen and oxygen atoms in total. The molecular weight excluding hydrogens is 272 g/mol. The van der Waals surface area contributed by atoms with Crippen LogP contribution in [0.4, 0.5) is 0 Å². The Morgan fingerprint density at radius 2 is 2.30 bits per heavy atom. The minimum atomic E-state index is -0.0151. The van der Waals surface area contributed by atoms with Crippen LogP contribution < -0.4 is 10.6 Å². The molecule has 1 amide bonds. The maximum absolute atomic E-state index is 11.8. The van der Waals surface area contributed by atoms with Gasteiger partial charge in [0.1, 0.15) is 0 Å². The van der Waals surface area contributed by atoms with Gasteiger partial charge in [0.05, 0.1) is 4.88 Å². The molecule has 110 valence electrons. The van der Waals surface area contributed by atoms with Crippen LogP contribution in [0.1, 0.15) is 41.8 Å². The highest BCUT2D eigenvalue weighted by atomic mass is 32.1. The number of rotatable bonds is 7. The summed E-state index contributed by atoms with van der Waals surface area (Å²) in [5, 5.41) is 8.17. The summed E-state index contributed by atoms with van der Waals surface area (Å²) in [6, 6.07) is 3.66. The van der Waals surface area contributed by atoms with Crippen molar-refractivity contribution in [3.63, 3.8) is 0 Å². The quantitative estimate of drug-likeness (QED) is 0.758. The van der Waals surface area contributed by atoms with Crippen molar-refractivity contribution in [2.45, 2.75) is 32.1 Å². The molecule has 1 saturated heterocycles. The molecule has 0 aliphatic carbocycles. The number of hydrogen-bond donors (Lipinski definition) is 2. The monoisotopic (exact) mass is 294 g/mol. The SMILES string of the molecule is O=C(CCC(=O)c1cccs1)NCCC1CCCNC1. The second-order valence-corrected chi connectivity index (χ2v) is 6.20. The van der Waals surface area contributed by atoms with Crippen LogP contribution in [-0.2, 0) is 4.79 Å². The van der Waals surface area contributed by atoms with E-state index in [1.807, 2.05) is 11.4 Å². The molecule has 1 aliphatic rings.